The van der Waals surface area contributed by atoms with E-state index in [0.29, 0.717) is 10.7 Å². The molecular formula is C24H19ClIN3O2S. The SMILES string of the molecule is Cc1ccc(N2C(=O)/C(=C/c3cc(C)n(-c4cccc(I)c4)c3C)C(=O)NC2=S)cc1Cl. The first-order valence-corrected chi connectivity index (χ1v) is 11.7. The van der Waals surface area contributed by atoms with Gasteiger partial charge in [-0.3, -0.25) is 19.8 Å². The highest BCUT2D eigenvalue weighted by Crippen LogP contribution is 2.28. The van der Waals surface area contributed by atoms with E-state index >= 15 is 0 Å². The van der Waals surface area contributed by atoms with Crippen LogP contribution in [0.15, 0.2) is 54.1 Å². The van der Waals surface area contributed by atoms with E-state index in [9.17, 15) is 9.59 Å². The maximum atomic E-state index is 13.3. The summed E-state index contributed by atoms with van der Waals surface area (Å²) in [5.74, 6) is -1.01. The molecule has 1 N–H and O–H groups in total. The molecule has 1 fully saturated rings. The summed E-state index contributed by atoms with van der Waals surface area (Å²) >= 11 is 13.8. The monoisotopic (exact) mass is 575 g/mol. The van der Waals surface area contributed by atoms with Crippen molar-refractivity contribution in [2.45, 2.75) is 20.8 Å². The smallest absolute Gasteiger partial charge is 0.270 e. The largest absolute Gasteiger partial charge is 0.318 e. The summed E-state index contributed by atoms with van der Waals surface area (Å²) < 4.78 is 3.22. The predicted octanol–water partition coefficient (Wildman–Crippen LogP) is 5.49. The normalized spacial score (nSPS) is 15.5. The molecule has 0 aliphatic carbocycles. The number of rotatable bonds is 3. The van der Waals surface area contributed by atoms with E-state index in [1.165, 1.54) is 4.90 Å². The molecule has 32 heavy (non-hydrogen) atoms. The Kier molecular flexibility index (Phi) is 6.24. The van der Waals surface area contributed by atoms with Crippen molar-refractivity contribution in [1.82, 2.24) is 9.88 Å². The van der Waals surface area contributed by atoms with Crippen LogP contribution in [-0.4, -0.2) is 21.5 Å². The van der Waals surface area contributed by atoms with Crippen LogP contribution in [0.4, 0.5) is 5.69 Å². The summed E-state index contributed by atoms with van der Waals surface area (Å²) in [5.41, 5.74) is 5.13. The summed E-state index contributed by atoms with van der Waals surface area (Å²) in [6.45, 7) is 5.83. The Hall–Kier alpha value is -2.49. The molecular weight excluding hydrogens is 557 g/mol. The highest BCUT2D eigenvalue weighted by Gasteiger charge is 2.35. The van der Waals surface area contributed by atoms with Crippen molar-refractivity contribution in [2.75, 3.05) is 4.90 Å². The quantitative estimate of drug-likeness (QED) is 0.194. The van der Waals surface area contributed by atoms with Crippen LogP contribution in [-0.2, 0) is 9.59 Å². The Morgan fingerprint density at radius 1 is 1.03 bits per heavy atom. The Morgan fingerprint density at radius 2 is 1.78 bits per heavy atom. The fraction of sp³-hybridized carbons (Fsp3) is 0.125. The average Bonchev–Trinajstić information content (AvgIpc) is 3.00. The first kappa shape index (κ1) is 22.7. The number of carbonyl (C=O) groups excluding carboxylic acids is 2. The number of amides is 2. The number of benzene rings is 2. The molecule has 8 heteroatoms. The molecule has 1 aliphatic heterocycles. The van der Waals surface area contributed by atoms with E-state index in [4.69, 9.17) is 23.8 Å². The Labute approximate surface area is 210 Å². The zero-order valence-electron chi connectivity index (χ0n) is 17.6. The third kappa shape index (κ3) is 4.12. The molecule has 0 spiro atoms. The van der Waals surface area contributed by atoms with Crippen LogP contribution < -0.4 is 10.2 Å². The fourth-order valence-electron chi connectivity index (χ4n) is 3.71. The lowest BCUT2D eigenvalue weighted by Crippen LogP contribution is -2.54. The molecule has 0 bridgehead atoms. The average molecular weight is 576 g/mol. The van der Waals surface area contributed by atoms with E-state index < -0.39 is 11.8 Å². The molecule has 5 nitrogen and oxygen atoms in total. The molecule has 4 rings (SSSR count). The van der Waals surface area contributed by atoms with Crippen molar-refractivity contribution >= 4 is 75.1 Å². The molecule has 0 saturated carbocycles. The van der Waals surface area contributed by atoms with Gasteiger partial charge in [0, 0.05) is 25.7 Å². The van der Waals surface area contributed by atoms with Crippen LogP contribution in [0.5, 0.6) is 0 Å². The minimum atomic E-state index is -0.520. The number of nitrogens with one attached hydrogen (secondary N) is 1. The van der Waals surface area contributed by atoms with E-state index in [0.717, 1.165) is 31.8 Å². The molecule has 162 valence electrons. The van der Waals surface area contributed by atoms with Crippen LogP contribution in [0.2, 0.25) is 5.02 Å². The van der Waals surface area contributed by atoms with Gasteiger partial charge < -0.3 is 4.57 Å². The van der Waals surface area contributed by atoms with Crippen molar-refractivity contribution in [2.24, 2.45) is 0 Å². The fourth-order valence-corrected chi connectivity index (χ4v) is 4.70. The summed E-state index contributed by atoms with van der Waals surface area (Å²) in [6.07, 6.45) is 1.62. The van der Waals surface area contributed by atoms with Gasteiger partial charge in [0.25, 0.3) is 11.8 Å². The van der Waals surface area contributed by atoms with E-state index in [1.54, 1.807) is 18.2 Å². The zero-order valence-corrected chi connectivity index (χ0v) is 21.3. The van der Waals surface area contributed by atoms with Gasteiger partial charge in [0.15, 0.2) is 5.11 Å². The number of hydrogen-bond donors (Lipinski definition) is 1. The number of nitrogens with zero attached hydrogens (tertiary/aromatic N) is 2. The van der Waals surface area contributed by atoms with Gasteiger partial charge in [-0.2, -0.15) is 0 Å². The molecule has 2 amide bonds. The molecule has 3 aromatic rings. The molecule has 2 heterocycles. The van der Waals surface area contributed by atoms with Crippen molar-refractivity contribution < 1.29 is 9.59 Å². The molecule has 1 aliphatic rings. The van der Waals surface area contributed by atoms with Gasteiger partial charge in [0.1, 0.15) is 5.57 Å². The Morgan fingerprint density at radius 3 is 2.47 bits per heavy atom. The number of carbonyl (C=O) groups is 2. The molecule has 0 atom stereocenters. The highest BCUT2D eigenvalue weighted by molar-refractivity contribution is 14.1. The standard InChI is InChI=1S/C24H19ClIN3O2S/c1-13-7-8-19(12-21(13)25)29-23(31)20(22(30)27-24(29)32)10-16-9-14(2)28(15(16)3)18-6-4-5-17(26)11-18/h4-12H,1-3H3,(H,27,30,32)/b20-10+. The van der Waals surface area contributed by atoms with Crippen molar-refractivity contribution in [3.05, 3.63) is 85.2 Å². The topological polar surface area (TPSA) is 54.3 Å². The molecule has 0 unspecified atom stereocenters. The van der Waals surface area contributed by atoms with Gasteiger partial charge in [-0.25, -0.2) is 0 Å². The summed E-state index contributed by atoms with van der Waals surface area (Å²) in [7, 11) is 0. The summed E-state index contributed by atoms with van der Waals surface area (Å²) in [6, 6.07) is 15.3. The van der Waals surface area contributed by atoms with Crippen LogP contribution in [0.3, 0.4) is 0 Å². The lowest BCUT2D eigenvalue weighted by molar-refractivity contribution is -0.122. The minimum absolute atomic E-state index is 0.0122. The van der Waals surface area contributed by atoms with Gasteiger partial charge in [-0.1, -0.05) is 23.7 Å². The number of aryl methyl sites for hydroxylation is 2. The van der Waals surface area contributed by atoms with Gasteiger partial charge in [0.2, 0.25) is 0 Å². The summed E-state index contributed by atoms with van der Waals surface area (Å²) in [4.78, 5) is 27.3. The highest BCUT2D eigenvalue weighted by atomic mass is 127. The van der Waals surface area contributed by atoms with Crippen LogP contribution in [0, 0.1) is 24.3 Å². The third-order valence-corrected chi connectivity index (χ3v) is 6.71. The molecule has 1 saturated heterocycles. The predicted molar refractivity (Wildman–Crippen MR) is 140 cm³/mol. The lowest BCUT2D eigenvalue weighted by Gasteiger charge is -2.29. The first-order chi connectivity index (χ1) is 15.2. The molecule has 2 aromatic carbocycles. The molecule has 1 aromatic heterocycles. The third-order valence-electron chi connectivity index (χ3n) is 5.35. The maximum Gasteiger partial charge on any atom is 0.270 e. The van der Waals surface area contributed by atoms with Crippen LogP contribution in [0.1, 0.15) is 22.5 Å². The van der Waals surface area contributed by atoms with E-state index in [1.807, 2.05) is 51.1 Å². The lowest BCUT2D eigenvalue weighted by atomic mass is 10.1. The van der Waals surface area contributed by atoms with E-state index in [-0.39, 0.29) is 10.7 Å². The number of halogens is 2. The van der Waals surface area contributed by atoms with Gasteiger partial charge in [0.05, 0.1) is 5.69 Å². The van der Waals surface area contributed by atoms with Crippen molar-refractivity contribution in [3.8, 4) is 5.69 Å². The zero-order chi connectivity index (χ0) is 23.2. The second-order valence-corrected chi connectivity index (χ2v) is 9.57. The van der Waals surface area contributed by atoms with E-state index in [2.05, 4.69) is 38.5 Å². The van der Waals surface area contributed by atoms with Gasteiger partial charge in [-0.15, -0.1) is 0 Å². The van der Waals surface area contributed by atoms with Gasteiger partial charge >= 0.3 is 0 Å². The van der Waals surface area contributed by atoms with Crippen LogP contribution in [0.25, 0.3) is 11.8 Å². The van der Waals surface area contributed by atoms with Crippen molar-refractivity contribution in [3.63, 3.8) is 0 Å². The van der Waals surface area contributed by atoms with Crippen LogP contribution >= 0.6 is 46.4 Å². The summed E-state index contributed by atoms with van der Waals surface area (Å²) in [5, 5.41) is 3.17. The van der Waals surface area contributed by atoms with Crippen molar-refractivity contribution in [1.29, 1.82) is 0 Å². The second-order valence-electron chi connectivity index (χ2n) is 7.53. The number of thiocarbonyl (C=S) groups is 1. The first-order valence-electron chi connectivity index (χ1n) is 9.80. The number of anilines is 1. The second kappa shape index (κ2) is 8.80. The van der Waals surface area contributed by atoms with Gasteiger partial charge in [-0.05, 0) is 109 Å². The molecule has 0 radical (unpaired) electrons. The maximum absolute atomic E-state index is 13.3. The number of aromatic nitrogens is 1. The minimum Gasteiger partial charge on any atom is -0.318 e. The number of hydrogen-bond acceptors (Lipinski definition) is 3. The Balaban J connectivity index is 1.77. The Bertz CT molecular complexity index is 1330.